The van der Waals surface area contributed by atoms with E-state index in [0.717, 1.165) is 43.9 Å². The molecule has 7 nitrogen and oxygen atoms in total. The SMILES string of the molecule is O=C(CN1C(=O)/C(=C/c2ccc([N+](=O)[O-])cc2)SC1=S)OC1CCCCC1. The van der Waals surface area contributed by atoms with Crippen LogP contribution in [0.25, 0.3) is 6.08 Å². The number of amides is 1. The lowest BCUT2D eigenvalue weighted by molar-refractivity contribution is -0.384. The van der Waals surface area contributed by atoms with Crippen LogP contribution in [-0.4, -0.2) is 38.7 Å². The minimum atomic E-state index is -0.485. The Kier molecular flexibility index (Phi) is 6.22. The predicted molar refractivity (Wildman–Crippen MR) is 106 cm³/mol. The van der Waals surface area contributed by atoms with E-state index in [0.29, 0.717) is 14.8 Å². The molecule has 0 aromatic heterocycles. The number of benzene rings is 1. The van der Waals surface area contributed by atoms with Crippen molar-refractivity contribution in [1.29, 1.82) is 0 Å². The summed E-state index contributed by atoms with van der Waals surface area (Å²) in [6.45, 7) is -0.196. The van der Waals surface area contributed by atoms with Crippen molar-refractivity contribution in [3.05, 3.63) is 44.8 Å². The maximum absolute atomic E-state index is 12.6. The number of nitrogens with zero attached hydrogens (tertiary/aromatic N) is 2. The van der Waals surface area contributed by atoms with Crippen molar-refractivity contribution in [3.63, 3.8) is 0 Å². The summed E-state index contributed by atoms with van der Waals surface area (Å²) in [4.78, 5) is 36.5. The summed E-state index contributed by atoms with van der Waals surface area (Å²) in [7, 11) is 0. The number of rotatable bonds is 5. The molecule has 2 aliphatic rings. The number of thioether (sulfide) groups is 1. The molecule has 0 unspecified atom stereocenters. The summed E-state index contributed by atoms with van der Waals surface area (Å²) in [5.41, 5.74) is 0.621. The minimum absolute atomic E-state index is 0.0230. The molecule has 1 amide bonds. The highest BCUT2D eigenvalue weighted by Crippen LogP contribution is 2.33. The molecule has 2 fully saturated rings. The van der Waals surface area contributed by atoms with Crippen LogP contribution in [0, 0.1) is 10.1 Å². The lowest BCUT2D eigenvalue weighted by atomic mass is 9.98. The highest BCUT2D eigenvalue weighted by molar-refractivity contribution is 8.26. The average molecular weight is 406 g/mol. The second-order valence-electron chi connectivity index (χ2n) is 6.37. The van der Waals surface area contributed by atoms with Crippen LogP contribution in [0.1, 0.15) is 37.7 Å². The molecule has 142 valence electrons. The number of hydrogen-bond donors (Lipinski definition) is 0. The van der Waals surface area contributed by atoms with E-state index in [2.05, 4.69) is 0 Å². The fourth-order valence-corrected chi connectivity index (χ4v) is 4.27. The Morgan fingerprint density at radius 3 is 2.59 bits per heavy atom. The normalized spacial score (nSPS) is 19.6. The smallest absolute Gasteiger partial charge is 0.326 e. The first-order valence-corrected chi connectivity index (χ1v) is 9.86. The van der Waals surface area contributed by atoms with Crippen LogP contribution in [0.15, 0.2) is 29.2 Å². The molecule has 1 aliphatic carbocycles. The van der Waals surface area contributed by atoms with Gasteiger partial charge in [-0.3, -0.25) is 24.6 Å². The summed E-state index contributed by atoms with van der Waals surface area (Å²) in [6, 6.07) is 5.85. The maximum Gasteiger partial charge on any atom is 0.326 e. The molecule has 1 saturated heterocycles. The van der Waals surface area contributed by atoms with Crippen LogP contribution in [0.3, 0.4) is 0 Å². The summed E-state index contributed by atoms with van der Waals surface area (Å²) in [5, 5.41) is 10.7. The molecule has 1 aliphatic heterocycles. The van der Waals surface area contributed by atoms with Gasteiger partial charge in [0.2, 0.25) is 0 Å². The van der Waals surface area contributed by atoms with Crippen molar-refractivity contribution >= 4 is 51.9 Å². The minimum Gasteiger partial charge on any atom is -0.461 e. The highest BCUT2D eigenvalue weighted by atomic mass is 32.2. The average Bonchev–Trinajstić information content (AvgIpc) is 2.90. The molecular weight excluding hydrogens is 388 g/mol. The van der Waals surface area contributed by atoms with Gasteiger partial charge in [-0.15, -0.1) is 0 Å². The first-order chi connectivity index (χ1) is 12.9. The second kappa shape index (κ2) is 8.62. The van der Waals surface area contributed by atoms with Crippen molar-refractivity contribution < 1.29 is 19.2 Å². The van der Waals surface area contributed by atoms with Gasteiger partial charge in [0.05, 0.1) is 9.83 Å². The van der Waals surface area contributed by atoms with Crippen molar-refractivity contribution in [1.82, 2.24) is 4.90 Å². The zero-order valence-corrected chi connectivity index (χ0v) is 16.1. The summed E-state index contributed by atoms with van der Waals surface area (Å²) in [5.74, 6) is -0.807. The molecule has 0 bridgehead atoms. The van der Waals surface area contributed by atoms with Crippen molar-refractivity contribution in [2.45, 2.75) is 38.2 Å². The van der Waals surface area contributed by atoms with E-state index < -0.39 is 10.9 Å². The van der Waals surface area contributed by atoms with Crippen LogP contribution >= 0.6 is 24.0 Å². The standard InChI is InChI=1S/C18H18N2O5S2/c21-16(25-14-4-2-1-3-5-14)11-19-17(22)15(27-18(19)26)10-12-6-8-13(9-7-12)20(23)24/h6-10,14H,1-5,11H2/b15-10-. The number of ether oxygens (including phenoxy) is 1. The number of nitro groups is 1. The van der Waals surface area contributed by atoms with Gasteiger partial charge in [0.15, 0.2) is 0 Å². The highest BCUT2D eigenvalue weighted by Gasteiger charge is 2.34. The number of hydrogen-bond acceptors (Lipinski definition) is 7. The number of carbonyl (C=O) groups is 2. The van der Waals surface area contributed by atoms with Gasteiger partial charge in [0.25, 0.3) is 11.6 Å². The molecule has 0 N–H and O–H groups in total. The van der Waals surface area contributed by atoms with Gasteiger partial charge >= 0.3 is 5.97 Å². The third kappa shape index (κ3) is 4.92. The molecule has 1 saturated carbocycles. The third-order valence-corrected chi connectivity index (χ3v) is 5.79. The molecular formula is C18H18N2O5S2. The van der Waals surface area contributed by atoms with E-state index in [-0.39, 0.29) is 24.2 Å². The third-order valence-electron chi connectivity index (χ3n) is 4.41. The van der Waals surface area contributed by atoms with Crippen LogP contribution in [0.2, 0.25) is 0 Å². The zero-order chi connectivity index (χ0) is 19.4. The van der Waals surface area contributed by atoms with E-state index in [1.807, 2.05) is 0 Å². The largest absolute Gasteiger partial charge is 0.461 e. The van der Waals surface area contributed by atoms with E-state index in [1.165, 1.54) is 17.0 Å². The zero-order valence-electron chi connectivity index (χ0n) is 14.5. The first kappa shape index (κ1) is 19.5. The van der Waals surface area contributed by atoms with Gasteiger partial charge in [-0.05, 0) is 49.5 Å². The monoisotopic (exact) mass is 406 g/mol. The van der Waals surface area contributed by atoms with Crippen molar-refractivity contribution in [2.24, 2.45) is 0 Å². The fourth-order valence-electron chi connectivity index (χ4n) is 3.02. The molecule has 0 radical (unpaired) electrons. The second-order valence-corrected chi connectivity index (χ2v) is 8.04. The topological polar surface area (TPSA) is 89.8 Å². The number of thiocarbonyl (C=S) groups is 1. The lowest BCUT2D eigenvalue weighted by Gasteiger charge is -2.23. The van der Waals surface area contributed by atoms with Crippen LogP contribution in [-0.2, 0) is 14.3 Å². The number of carbonyl (C=O) groups excluding carboxylic acids is 2. The quantitative estimate of drug-likeness (QED) is 0.242. The molecule has 1 heterocycles. The molecule has 9 heteroatoms. The van der Waals surface area contributed by atoms with Crippen molar-refractivity contribution in [3.8, 4) is 0 Å². The van der Waals surface area contributed by atoms with Gasteiger partial charge in [0.1, 0.15) is 17.0 Å². The van der Waals surface area contributed by atoms with E-state index in [4.69, 9.17) is 17.0 Å². The predicted octanol–water partition coefficient (Wildman–Crippen LogP) is 3.67. The number of esters is 1. The maximum atomic E-state index is 12.6. The Morgan fingerprint density at radius 1 is 1.30 bits per heavy atom. The van der Waals surface area contributed by atoms with Gasteiger partial charge in [0, 0.05) is 12.1 Å². The summed E-state index contributed by atoms with van der Waals surface area (Å²) >= 11 is 6.32. The van der Waals surface area contributed by atoms with Gasteiger partial charge in [-0.1, -0.05) is 30.4 Å². The van der Waals surface area contributed by atoms with E-state index in [1.54, 1.807) is 18.2 Å². The van der Waals surface area contributed by atoms with Crippen LogP contribution in [0.4, 0.5) is 5.69 Å². The lowest BCUT2D eigenvalue weighted by Crippen LogP contribution is -2.36. The number of nitro benzene ring substituents is 1. The Hall–Kier alpha value is -2.26. The Labute approximate surface area is 165 Å². The first-order valence-electron chi connectivity index (χ1n) is 8.63. The van der Waals surface area contributed by atoms with E-state index in [9.17, 15) is 19.7 Å². The van der Waals surface area contributed by atoms with E-state index >= 15 is 0 Å². The van der Waals surface area contributed by atoms with Gasteiger partial charge in [-0.2, -0.15) is 0 Å². The Balaban J connectivity index is 1.63. The molecule has 3 rings (SSSR count). The van der Waals surface area contributed by atoms with Crippen molar-refractivity contribution in [2.75, 3.05) is 6.54 Å². The molecule has 1 aromatic rings. The van der Waals surface area contributed by atoms with Crippen LogP contribution < -0.4 is 0 Å². The van der Waals surface area contributed by atoms with Crippen LogP contribution in [0.5, 0.6) is 0 Å². The number of non-ortho nitro benzene ring substituents is 1. The van der Waals surface area contributed by atoms with Gasteiger partial charge in [-0.25, -0.2) is 0 Å². The fraction of sp³-hybridized carbons (Fsp3) is 0.389. The Morgan fingerprint density at radius 2 is 1.96 bits per heavy atom. The molecule has 27 heavy (non-hydrogen) atoms. The molecule has 0 spiro atoms. The molecule has 1 aromatic carbocycles. The summed E-state index contributed by atoms with van der Waals surface area (Å²) < 4.78 is 5.75. The molecule has 0 atom stereocenters. The van der Waals surface area contributed by atoms with Gasteiger partial charge < -0.3 is 4.74 Å². The summed E-state index contributed by atoms with van der Waals surface area (Å²) in [6.07, 6.45) is 6.54. The Bertz CT molecular complexity index is 800.